The average Bonchev–Trinajstić information content (AvgIpc) is 3.23. The lowest BCUT2D eigenvalue weighted by Crippen LogP contribution is -2.34. The Morgan fingerprint density at radius 3 is 2.68 bits per heavy atom. The topological polar surface area (TPSA) is 67.6 Å². The number of alkyl halides is 3. The molecule has 6 nitrogen and oxygen atoms in total. The van der Waals surface area contributed by atoms with Gasteiger partial charge < -0.3 is 14.2 Å². The van der Waals surface area contributed by atoms with Crippen LogP contribution in [0.4, 0.5) is 23.8 Å². The van der Waals surface area contributed by atoms with Gasteiger partial charge in [-0.15, -0.1) is 0 Å². The third-order valence-corrected chi connectivity index (χ3v) is 4.04. The van der Waals surface area contributed by atoms with E-state index in [1.54, 1.807) is 24.1 Å². The van der Waals surface area contributed by atoms with E-state index in [4.69, 9.17) is 4.74 Å². The van der Waals surface area contributed by atoms with E-state index in [1.807, 2.05) is 12.1 Å². The van der Waals surface area contributed by atoms with E-state index >= 15 is 0 Å². The fourth-order valence-corrected chi connectivity index (χ4v) is 2.83. The minimum absolute atomic E-state index is 0.157. The zero-order valence-electron chi connectivity index (χ0n) is 13.3. The van der Waals surface area contributed by atoms with Crippen LogP contribution in [0.1, 0.15) is 30.1 Å². The van der Waals surface area contributed by atoms with Gasteiger partial charge >= 0.3 is 12.2 Å². The molecule has 25 heavy (non-hydrogen) atoms. The second-order valence-corrected chi connectivity index (χ2v) is 5.63. The molecule has 1 atom stereocenters. The van der Waals surface area contributed by atoms with Crippen LogP contribution >= 0.6 is 0 Å². The molecule has 1 fully saturated rings. The number of benzene rings is 1. The van der Waals surface area contributed by atoms with Crippen molar-refractivity contribution < 1.29 is 27.2 Å². The molecule has 2 amide bonds. The predicted molar refractivity (Wildman–Crippen MR) is 82.2 cm³/mol. The van der Waals surface area contributed by atoms with Crippen LogP contribution in [0.5, 0.6) is 5.75 Å². The normalized spacial score (nSPS) is 17.6. The van der Waals surface area contributed by atoms with Crippen LogP contribution in [-0.4, -0.2) is 29.7 Å². The van der Waals surface area contributed by atoms with E-state index in [9.17, 15) is 18.0 Å². The Labute approximate surface area is 141 Å². The number of urea groups is 1. The molecule has 1 aliphatic rings. The Morgan fingerprint density at radius 1 is 1.36 bits per heavy atom. The summed E-state index contributed by atoms with van der Waals surface area (Å²) in [7, 11) is 1.57. The molecule has 3 rings (SSSR count). The van der Waals surface area contributed by atoms with Crippen LogP contribution < -0.4 is 10.1 Å². The van der Waals surface area contributed by atoms with Gasteiger partial charge in [0.1, 0.15) is 5.75 Å². The van der Waals surface area contributed by atoms with E-state index in [0.717, 1.165) is 18.4 Å². The number of ether oxygens (including phenoxy) is 1. The number of anilines is 1. The highest BCUT2D eigenvalue weighted by Gasteiger charge is 2.36. The van der Waals surface area contributed by atoms with Crippen molar-refractivity contribution in [2.75, 3.05) is 19.0 Å². The quantitative estimate of drug-likeness (QED) is 0.901. The Balaban J connectivity index is 1.71. The van der Waals surface area contributed by atoms with Crippen LogP contribution in [0.25, 0.3) is 0 Å². The fraction of sp³-hybridized carbons (Fsp3) is 0.375. The number of nitrogens with zero attached hydrogens (tertiary/aromatic N) is 2. The molecular formula is C16H16F3N3O3. The molecule has 0 radical (unpaired) electrons. The Hall–Kier alpha value is -2.71. The summed E-state index contributed by atoms with van der Waals surface area (Å²) >= 11 is 0. The van der Waals surface area contributed by atoms with Gasteiger partial charge in [0, 0.05) is 12.6 Å². The molecule has 1 aromatic carbocycles. The van der Waals surface area contributed by atoms with Gasteiger partial charge in [-0.1, -0.05) is 17.3 Å². The standard InChI is InChI=1S/C16H16F3N3O3/c1-24-11-6-4-10(5-7-11)12-3-2-8-22(12)15(23)20-14-9-13(21-25-14)16(17,18)19/h4-7,9,12H,2-3,8H2,1H3,(H,20,23)/t12-/m0/s1. The monoisotopic (exact) mass is 355 g/mol. The maximum absolute atomic E-state index is 12.5. The molecular weight excluding hydrogens is 339 g/mol. The number of carbonyl (C=O) groups excluding carboxylic acids is 1. The molecule has 134 valence electrons. The van der Waals surface area contributed by atoms with E-state index in [2.05, 4.69) is 15.0 Å². The molecule has 9 heteroatoms. The zero-order valence-corrected chi connectivity index (χ0v) is 13.3. The van der Waals surface area contributed by atoms with E-state index in [-0.39, 0.29) is 11.9 Å². The van der Waals surface area contributed by atoms with Crippen molar-refractivity contribution in [3.8, 4) is 5.75 Å². The largest absolute Gasteiger partial charge is 0.497 e. The molecule has 0 unspecified atom stereocenters. The van der Waals surface area contributed by atoms with Gasteiger partial charge in [-0.3, -0.25) is 5.32 Å². The Bertz CT molecular complexity index is 743. The highest BCUT2D eigenvalue weighted by atomic mass is 19.4. The minimum atomic E-state index is -4.62. The van der Waals surface area contributed by atoms with Crippen LogP contribution in [0.3, 0.4) is 0 Å². The number of hydrogen-bond donors (Lipinski definition) is 1. The van der Waals surface area contributed by atoms with Crippen LogP contribution in [0.15, 0.2) is 34.9 Å². The average molecular weight is 355 g/mol. The summed E-state index contributed by atoms with van der Waals surface area (Å²) in [5.74, 6) is 0.372. The van der Waals surface area contributed by atoms with E-state index in [1.165, 1.54) is 0 Å². The van der Waals surface area contributed by atoms with Gasteiger partial charge in [0.05, 0.1) is 13.2 Å². The number of hydrogen-bond acceptors (Lipinski definition) is 4. The number of amides is 2. The van der Waals surface area contributed by atoms with Crippen molar-refractivity contribution >= 4 is 11.9 Å². The van der Waals surface area contributed by atoms with Gasteiger partial charge in [0.2, 0.25) is 5.88 Å². The summed E-state index contributed by atoms with van der Waals surface area (Å²) in [5, 5.41) is 5.25. The molecule has 0 aliphatic carbocycles. The summed E-state index contributed by atoms with van der Waals surface area (Å²) in [6.45, 7) is 0.503. The first-order chi connectivity index (χ1) is 11.9. The van der Waals surface area contributed by atoms with Crippen molar-refractivity contribution in [3.63, 3.8) is 0 Å². The molecule has 2 aromatic rings. The van der Waals surface area contributed by atoms with Gasteiger partial charge in [0.25, 0.3) is 0 Å². The highest BCUT2D eigenvalue weighted by Crippen LogP contribution is 2.34. The molecule has 1 N–H and O–H groups in total. The highest BCUT2D eigenvalue weighted by molar-refractivity contribution is 5.88. The maximum atomic E-state index is 12.5. The number of carbonyl (C=O) groups is 1. The SMILES string of the molecule is COc1ccc([C@@H]2CCCN2C(=O)Nc2cc(C(F)(F)F)no2)cc1. The minimum Gasteiger partial charge on any atom is -0.497 e. The lowest BCUT2D eigenvalue weighted by atomic mass is 10.0. The zero-order chi connectivity index (χ0) is 18.0. The van der Waals surface area contributed by atoms with Crippen molar-refractivity contribution in [3.05, 3.63) is 41.6 Å². The molecule has 1 saturated heterocycles. The van der Waals surface area contributed by atoms with E-state index in [0.29, 0.717) is 18.4 Å². The van der Waals surface area contributed by atoms with Gasteiger partial charge in [0.15, 0.2) is 5.69 Å². The van der Waals surface area contributed by atoms with Crippen molar-refractivity contribution in [2.45, 2.75) is 25.1 Å². The van der Waals surface area contributed by atoms with Gasteiger partial charge in [-0.2, -0.15) is 13.2 Å². The van der Waals surface area contributed by atoms with Crippen LogP contribution in [-0.2, 0) is 6.18 Å². The lowest BCUT2D eigenvalue weighted by molar-refractivity contribution is -0.142. The summed E-state index contributed by atoms with van der Waals surface area (Å²) in [5.41, 5.74) is -0.252. The van der Waals surface area contributed by atoms with Gasteiger partial charge in [-0.25, -0.2) is 4.79 Å². The molecule has 0 bridgehead atoms. The summed E-state index contributed by atoms with van der Waals surface area (Å²) in [6, 6.07) is 7.32. The van der Waals surface area contributed by atoms with E-state index < -0.39 is 17.9 Å². The summed E-state index contributed by atoms with van der Waals surface area (Å²) in [6.07, 6.45) is -3.05. The Kier molecular flexibility index (Phi) is 4.56. The predicted octanol–water partition coefficient (Wildman–Crippen LogP) is 4.07. The van der Waals surface area contributed by atoms with Crippen LogP contribution in [0.2, 0.25) is 0 Å². The molecule has 1 aliphatic heterocycles. The molecule has 0 saturated carbocycles. The number of rotatable bonds is 3. The number of methoxy groups -OCH3 is 1. The second-order valence-electron chi connectivity index (χ2n) is 5.63. The maximum Gasteiger partial charge on any atom is 0.436 e. The number of aromatic nitrogens is 1. The van der Waals surface area contributed by atoms with Crippen LogP contribution in [0, 0.1) is 0 Å². The van der Waals surface area contributed by atoms with Crippen molar-refractivity contribution in [1.29, 1.82) is 0 Å². The molecule has 1 aromatic heterocycles. The van der Waals surface area contributed by atoms with Crippen molar-refractivity contribution in [1.82, 2.24) is 10.1 Å². The summed E-state index contributed by atoms with van der Waals surface area (Å²) < 4.78 is 47.2. The molecule has 2 heterocycles. The number of halogens is 3. The first-order valence-corrected chi connectivity index (χ1v) is 7.64. The fourth-order valence-electron chi connectivity index (χ4n) is 2.83. The molecule has 0 spiro atoms. The number of likely N-dealkylation sites (tertiary alicyclic amines) is 1. The number of nitrogens with one attached hydrogen (secondary N) is 1. The lowest BCUT2D eigenvalue weighted by Gasteiger charge is -2.24. The first-order valence-electron chi connectivity index (χ1n) is 7.64. The Morgan fingerprint density at radius 2 is 2.08 bits per heavy atom. The third kappa shape index (κ3) is 3.70. The summed E-state index contributed by atoms with van der Waals surface area (Å²) in [4.78, 5) is 14.0. The third-order valence-electron chi connectivity index (χ3n) is 4.04. The van der Waals surface area contributed by atoms with Gasteiger partial charge in [-0.05, 0) is 30.5 Å². The second kappa shape index (κ2) is 6.66. The smallest absolute Gasteiger partial charge is 0.436 e. The first kappa shape index (κ1) is 17.1. The van der Waals surface area contributed by atoms with Crippen molar-refractivity contribution in [2.24, 2.45) is 0 Å².